The van der Waals surface area contributed by atoms with Crippen LogP contribution in [-0.2, 0) is 4.79 Å². The largest absolute Gasteiger partial charge is 0.480 e. The van der Waals surface area contributed by atoms with E-state index in [2.05, 4.69) is 5.32 Å². The summed E-state index contributed by atoms with van der Waals surface area (Å²) in [5.41, 5.74) is -0.316. The van der Waals surface area contributed by atoms with Gasteiger partial charge in [-0.05, 0) is 39.0 Å². The van der Waals surface area contributed by atoms with Crippen molar-refractivity contribution in [1.29, 1.82) is 0 Å². The highest BCUT2D eigenvalue weighted by Crippen LogP contribution is 2.21. The average Bonchev–Trinajstić information content (AvgIpc) is 2.30. The van der Waals surface area contributed by atoms with Crippen molar-refractivity contribution in [3.63, 3.8) is 0 Å². The number of amides is 1. The fraction of sp³-hybridized carbons (Fsp3) is 0.385. The Kier molecular flexibility index (Phi) is 4.86. The third kappa shape index (κ3) is 4.24. The molecule has 0 bridgehead atoms. The van der Waals surface area contributed by atoms with Gasteiger partial charge >= 0.3 is 5.97 Å². The van der Waals surface area contributed by atoms with Crippen molar-refractivity contribution in [2.75, 3.05) is 0 Å². The maximum Gasteiger partial charge on any atom is 0.339 e. The molecule has 1 unspecified atom stereocenters. The van der Waals surface area contributed by atoms with E-state index in [-0.39, 0.29) is 23.3 Å². The Morgan fingerprint density at radius 2 is 1.95 bits per heavy atom. The number of halogens is 1. The molecule has 6 heteroatoms. The van der Waals surface area contributed by atoms with E-state index in [9.17, 15) is 14.0 Å². The molecule has 0 aliphatic carbocycles. The molecule has 0 saturated carbocycles. The maximum atomic E-state index is 13.0. The zero-order valence-corrected chi connectivity index (χ0v) is 10.9. The van der Waals surface area contributed by atoms with Gasteiger partial charge in [0.1, 0.15) is 17.1 Å². The summed E-state index contributed by atoms with van der Waals surface area (Å²) < 4.78 is 18.2. The lowest BCUT2D eigenvalue weighted by Gasteiger charge is -2.17. The van der Waals surface area contributed by atoms with E-state index < -0.39 is 17.9 Å². The van der Waals surface area contributed by atoms with Crippen LogP contribution in [-0.4, -0.2) is 29.1 Å². The Bertz CT molecular complexity index is 488. The van der Waals surface area contributed by atoms with E-state index in [1.54, 1.807) is 13.8 Å². The van der Waals surface area contributed by atoms with Crippen molar-refractivity contribution in [3.8, 4) is 5.75 Å². The van der Waals surface area contributed by atoms with Crippen LogP contribution in [0.25, 0.3) is 0 Å². The molecule has 0 aliphatic rings. The molecule has 1 rings (SSSR count). The van der Waals surface area contributed by atoms with Crippen molar-refractivity contribution in [2.45, 2.75) is 32.9 Å². The van der Waals surface area contributed by atoms with E-state index in [1.165, 1.54) is 13.0 Å². The van der Waals surface area contributed by atoms with E-state index in [0.717, 1.165) is 12.1 Å². The SMILES string of the molecule is CC(C)NC(=O)C(C)Oc1ccc(F)cc1C(=O)O. The second-order valence-corrected chi connectivity index (χ2v) is 4.37. The van der Waals surface area contributed by atoms with E-state index >= 15 is 0 Å². The lowest BCUT2D eigenvalue weighted by molar-refractivity contribution is -0.127. The second-order valence-electron chi connectivity index (χ2n) is 4.37. The van der Waals surface area contributed by atoms with Gasteiger partial charge < -0.3 is 15.2 Å². The van der Waals surface area contributed by atoms with E-state index in [0.29, 0.717) is 0 Å². The smallest absolute Gasteiger partial charge is 0.339 e. The normalized spacial score (nSPS) is 12.1. The molecule has 1 aromatic carbocycles. The van der Waals surface area contributed by atoms with Crippen molar-refractivity contribution in [3.05, 3.63) is 29.6 Å². The Morgan fingerprint density at radius 1 is 1.32 bits per heavy atom. The summed E-state index contributed by atoms with van der Waals surface area (Å²) in [6.45, 7) is 5.09. The maximum absolute atomic E-state index is 13.0. The summed E-state index contributed by atoms with van der Waals surface area (Å²) >= 11 is 0. The number of hydrogen-bond donors (Lipinski definition) is 2. The monoisotopic (exact) mass is 269 g/mol. The number of aromatic carboxylic acids is 1. The Labute approximate surface area is 110 Å². The van der Waals surface area contributed by atoms with Crippen molar-refractivity contribution < 1.29 is 23.8 Å². The van der Waals surface area contributed by atoms with Gasteiger partial charge in [0.2, 0.25) is 0 Å². The van der Waals surface area contributed by atoms with E-state index in [4.69, 9.17) is 9.84 Å². The van der Waals surface area contributed by atoms with Gasteiger partial charge in [-0.2, -0.15) is 0 Å². The molecule has 0 aliphatic heterocycles. The third-order valence-electron chi connectivity index (χ3n) is 2.28. The standard InChI is InChI=1S/C13H16FNO4/c1-7(2)15-12(16)8(3)19-11-5-4-9(14)6-10(11)13(17)18/h4-8H,1-3H3,(H,15,16)(H,17,18). The number of hydrogen-bond acceptors (Lipinski definition) is 3. The summed E-state index contributed by atoms with van der Waals surface area (Å²) in [4.78, 5) is 22.6. The molecule has 5 nitrogen and oxygen atoms in total. The first-order valence-corrected chi connectivity index (χ1v) is 5.81. The number of ether oxygens (including phenoxy) is 1. The van der Waals surface area contributed by atoms with Gasteiger partial charge in [0.15, 0.2) is 6.10 Å². The topological polar surface area (TPSA) is 75.6 Å². The first kappa shape index (κ1) is 14.9. The zero-order valence-electron chi connectivity index (χ0n) is 10.9. The van der Waals surface area contributed by atoms with Crippen LogP contribution in [0.2, 0.25) is 0 Å². The molecule has 0 radical (unpaired) electrons. The number of carbonyl (C=O) groups excluding carboxylic acids is 1. The number of benzene rings is 1. The highest BCUT2D eigenvalue weighted by molar-refractivity contribution is 5.91. The van der Waals surface area contributed by atoms with Crippen LogP contribution < -0.4 is 10.1 Å². The molecular weight excluding hydrogens is 253 g/mol. The minimum Gasteiger partial charge on any atom is -0.480 e. The van der Waals surface area contributed by atoms with Crippen LogP contribution >= 0.6 is 0 Å². The number of carbonyl (C=O) groups is 2. The highest BCUT2D eigenvalue weighted by atomic mass is 19.1. The lowest BCUT2D eigenvalue weighted by Crippen LogP contribution is -2.40. The molecule has 19 heavy (non-hydrogen) atoms. The van der Waals surface area contributed by atoms with Crippen LogP contribution in [0.3, 0.4) is 0 Å². The third-order valence-corrected chi connectivity index (χ3v) is 2.28. The van der Waals surface area contributed by atoms with Crippen LogP contribution in [0.5, 0.6) is 5.75 Å². The van der Waals surface area contributed by atoms with Gasteiger partial charge in [-0.1, -0.05) is 0 Å². The highest BCUT2D eigenvalue weighted by Gasteiger charge is 2.19. The number of rotatable bonds is 5. The van der Waals surface area contributed by atoms with Crippen molar-refractivity contribution in [2.24, 2.45) is 0 Å². The fourth-order valence-electron chi connectivity index (χ4n) is 1.42. The summed E-state index contributed by atoms with van der Waals surface area (Å²) in [6, 6.07) is 3.07. The predicted molar refractivity (Wildman–Crippen MR) is 66.7 cm³/mol. The average molecular weight is 269 g/mol. The molecule has 1 amide bonds. The minimum atomic E-state index is -1.31. The summed E-state index contributed by atoms with van der Waals surface area (Å²) in [5.74, 6) is -2.40. The van der Waals surface area contributed by atoms with Crippen LogP contribution in [0.15, 0.2) is 18.2 Å². The van der Waals surface area contributed by atoms with Gasteiger partial charge in [-0.3, -0.25) is 4.79 Å². The van der Waals surface area contributed by atoms with Gasteiger partial charge in [0.05, 0.1) is 0 Å². The quantitative estimate of drug-likeness (QED) is 0.854. The molecule has 0 saturated heterocycles. The van der Waals surface area contributed by atoms with E-state index in [1.807, 2.05) is 0 Å². The first-order valence-electron chi connectivity index (χ1n) is 5.81. The fourth-order valence-corrected chi connectivity index (χ4v) is 1.42. The van der Waals surface area contributed by atoms with Gasteiger partial charge in [-0.25, -0.2) is 9.18 Å². The molecule has 0 spiro atoms. The Hall–Kier alpha value is -2.11. The molecule has 0 fully saturated rings. The predicted octanol–water partition coefficient (Wildman–Crippen LogP) is 1.82. The zero-order chi connectivity index (χ0) is 14.6. The summed E-state index contributed by atoms with van der Waals surface area (Å²) in [6.07, 6.45) is -0.869. The van der Waals surface area contributed by atoms with Gasteiger partial charge in [0, 0.05) is 6.04 Å². The van der Waals surface area contributed by atoms with Gasteiger partial charge in [-0.15, -0.1) is 0 Å². The molecule has 0 aromatic heterocycles. The summed E-state index contributed by atoms with van der Waals surface area (Å²) in [7, 11) is 0. The lowest BCUT2D eigenvalue weighted by atomic mass is 10.2. The molecule has 2 N–H and O–H groups in total. The number of carboxylic acids is 1. The minimum absolute atomic E-state index is 0.0414. The van der Waals surface area contributed by atoms with Gasteiger partial charge in [0.25, 0.3) is 5.91 Å². The van der Waals surface area contributed by atoms with Crippen LogP contribution in [0.4, 0.5) is 4.39 Å². The number of nitrogens with one attached hydrogen (secondary N) is 1. The van der Waals surface area contributed by atoms with Crippen LogP contribution in [0, 0.1) is 5.82 Å². The molecule has 1 aromatic rings. The molecule has 104 valence electrons. The van der Waals surface area contributed by atoms with Crippen molar-refractivity contribution >= 4 is 11.9 Å². The van der Waals surface area contributed by atoms with Crippen molar-refractivity contribution in [1.82, 2.24) is 5.32 Å². The Morgan fingerprint density at radius 3 is 2.47 bits per heavy atom. The second kappa shape index (κ2) is 6.17. The number of carboxylic acid groups (broad SMARTS) is 1. The summed E-state index contributed by atoms with van der Waals surface area (Å²) in [5, 5.41) is 11.6. The molecular formula is C13H16FNO4. The Balaban J connectivity index is 2.87. The first-order chi connectivity index (χ1) is 8.81. The molecule has 1 atom stereocenters. The molecule has 0 heterocycles. The van der Waals surface area contributed by atoms with Crippen LogP contribution in [0.1, 0.15) is 31.1 Å².